The predicted octanol–water partition coefficient (Wildman–Crippen LogP) is 0.157. The summed E-state index contributed by atoms with van der Waals surface area (Å²) in [6, 6.07) is 6.74. The maximum Gasteiger partial charge on any atom is 0.312 e. The van der Waals surface area contributed by atoms with Crippen molar-refractivity contribution in [2.24, 2.45) is 0 Å². The van der Waals surface area contributed by atoms with E-state index in [1.807, 2.05) is 0 Å². The second-order valence-electron chi connectivity index (χ2n) is 5.44. The van der Waals surface area contributed by atoms with E-state index in [9.17, 15) is 23.1 Å². The molecule has 1 aliphatic heterocycles. The van der Waals surface area contributed by atoms with Gasteiger partial charge in [-0.3, -0.25) is 9.59 Å². The van der Waals surface area contributed by atoms with Crippen molar-refractivity contribution in [3.05, 3.63) is 29.8 Å². The topological polar surface area (TPSA) is 113 Å². The largest absolute Gasteiger partial charge is 0.481 e. The lowest BCUT2D eigenvalue weighted by Crippen LogP contribution is -2.41. The molecule has 2 N–H and O–H groups in total. The number of sulfonamides is 1. The highest BCUT2D eigenvalue weighted by Gasteiger charge is 2.36. The number of fused-ring (bicyclic) bond motifs is 1. The number of carboxylic acids is 1. The van der Waals surface area contributed by atoms with Gasteiger partial charge >= 0.3 is 5.97 Å². The molecule has 1 unspecified atom stereocenters. The van der Waals surface area contributed by atoms with Crippen molar-refractivity contribution in [1.82, 2.24) is 4.72 Å². The number of para-hydroxylation sites is 1. The molecule has 9 heteroatoms. The minimum absolute atomic E-state index is 0.00108. The molecular formula is C15H20N2O6S. The SMILES string of the molecule is COCCCS(=O)(=O)NCC(=O)N1CC(C(=O)O)c2ccccc21. The summed E-state index contributed by atoms with van der Waals surface area (Å²) in [5.74, 6) is -2.44. The average molecular weight is 356 g/mol. The van der Waals surface area contributed by atoms with Crippen LogP contribution in [0.3, 0.4) is 0 Å². The molecule has 1 aromatic carbocycles. The van der Waals surface area contributed by atoms with Crippen LogP contribution in [0.15, 0.2) is 24.3 Å². The number of aliphatic carboxylic acids is 1. The molecule has 1 aromatic rings. The molecule has 0 bridgehead atoms. The first-order valence-electron chi connectivity index (χ1n) is 7.44. The summed E-state index contributed by atoms with van der Waals surface area (Å²) in [6.07, 6.45) is 0.327. The van der Waals surface area contributed by atoms with Crippen molar-refractivity contribution in [1.29, 1.82) is 0 Å². The summed E-state index contributed by atoms with van der Waals surface area (Å²) in [5, 5.41) is 9.28. The first-order valence-corrected chi connectivity index (χ1v) is 9.09. The Balaban J connectivity index is 2.02. The maximum absolute atomic E-state index is 12.3. The van der Waals surface area contributed by atoms with E-state index in [-0.39, 0.29) is 12.3 Å². The molecule has 2 rings (SSSR count). The van der Waals surface area contributed by atoms with Crippen LogP contribution in [-0.2, 0) is 24.3 Å². The van der Waals surface area contributed by atoms with Gasteiger partial charge in [0.1, 0.15) is 5.92 Å². The molecule has 1 heterocycles. The summed E-state index contributed by atoms with van der Waals surface area (Å²) < 4.78 is 30.7. The van der Waals surface area contributed by atoms with Crippen LogP contribution in [0.5, 0.6) is 0 Å². The third-order valence-electron chi connectivity index (χ3n) is 3.77. The molecule has 24 heavy (non-hydrogen) atoms. The number of nitrogens with zero attached hydrogens (tertiary/aromatic N) is 1. The van der Waals surface area contributed by atoms with Crippen LogP contribution in [0, 0.1) is 0 Å². The monoisotopic (exact) mass is 356 g/mol. The van der Waals surface area contributed by atoms with Crippen molar-refractivity contribution in [2.45, 2.75) is 12.3 Å². The molecule has 0 aliphatic carbocycles. The molecule has 0 saturated carbocycles. The number of carbonyl (C=O) groups is 2. The second-order valence-corrected chi connectivity index (χ2v) is 7.37. The van der Waals surface area contributed by atoms with Gasteiger partial charge in [-0.1, -0.05) is 18.2 Å². The zero-order valence-corrected chi connectivity index (χ0v) is 14.1. The van der Waals surface area contributed by atoms with Gasteiger partial charge in [-0.2, -0.15) is 0 Å². The Hall–Kier alpha value is -1.97. The standard InChI is InChI=1S/C15H20N2O6S/c1-23-7-4-8-24(21,22)16-9-14(18)17-10-12(15(19)20)11-5-2-3-6-13(11)17/h2-3,5-6,12,16H,4,7-10H2,1H3,(H,19,20). The number of ether oxygens (including phenoxy) is 1. The Morgan fingerprint density at radius 3 is 2.75 bits per heavy atom. The molecular weight excluding hydrogens is 336 g/mol. The lowest BCUT2D eigenvalue weighted by atomic mass is 10.0. The normalized spacial score (nSPS) is 16.9. The minimum Gasteiger partial charge on any atom is -0.481 e. The quantitative estimate of drug-likeness (QED) is 0.642. The van der Waals surface area contributed by atoms with Gasteiger partial charge < -0.3 is 14.7 Å². The molecule has 0 radical (unpaired) electrons. The van der Waals surface area contributed by atoms with Crippen molar-refractivity contribution < 1.29 is 27.9 Å². The average Bonchev–Trinajstić information content (AvgIpc) is 2.93. The van der Waals surface area contributed by atoms with E-state index in [4.69, 9.17) is 4.74 Å². The predicted molar refractivity (Wildman–Crippen MR) is 87.5 cm³/mol. The first-order chi connectivity index (χ1) is 11.4. The van der Waals surface area contributed by atoms with Crippen molar-refractivity contribution >= 4 is 27.6 Å². The number of amides is 1. The van der Waals surface area contributed by atoms with Crippen molar-refractivity contribution in [2.75, 3.05) is 37.5 Å². The second kappa shape index (κ2) is 7.73. The van der Waals surface area contributed by atoms with Crippen LogP contribution in [0.2, 0.25) is 0 Å². The molecule has 0 fully saturated rings. The van der Waals surface area contributed by atoms with Gasteiger partial charge in [0.2, 0.25) is 15.9 Å². The highest BCUT2D eigenvalue weighted by molar-refractivity contribution is 7.89. The zero-order valence-electron chi connectivity index (χ0n) is 13.3. The first kappa shape index (κ1) is 18.4. The maximum atomic E-state index is 12.3. The van der Waals surface area contributed by atoms with E-state index in [2.05, 4.69) is 4.72 Å². The number of hydrogen-bond donors (Lipinski definition) is 2. The van der Waals surface area contributed by atoms with Crippen LogP contribution >= 0.6 is 0 Å². The molecule has 1 atom stereocenters. The summed E-state index contributed by atoms with van der Waals surface area (Å²) in [5.41, 5.74) is 1.06. The fourth-order valence-corrected chi connectivity index (χ4v) is 3.57. The molecule has 132 valence electrons. The van der Waals surface area contributed by atoms with Gasteiger partial charge in [-0.05, 0) is 18.1 Å². The van der Waals surface area contributed by atoms with Gasteiger partial charge in [0.15, 0.2) is 0 Å². The van der Waals surface area contributed by atoms with Crippen LogP contribution in [0.1, 0.15) is 17.9 Å². The Labute approximate surface area is 140 Å². The summed E-state index contributed by atoms with van der Waals surface area (Å²) in [7, 11) is -2.10. The molecule has 0 aromatic heterocycles. The minimum atomic E-state index is -3.58. The Morgan fingerprint density at radius 1 is 1.38 bits per heavy atom. The van der Waals surface area contributed by atoms with Crippen LogP contribution in [0.4, 0.5) is 5.69 Å². The summed E-state index contributed by atoms with van der Waals surface area (Å²) in [4.78, 5) is 25.0. The number of nitrogens with one attached hydrogen (secondary N) is 1. The van der Waals surface area contributed by atoms with E-state index in [0.717, 1.165) is 0 Å². The fraction of sp³-hybridized carbons (Fsp3) is 0.467. The molecule has 1 aliphatic rings. The molecule has 0 saturated heterocycles. The number of rotatable bonds is 8. The number of carboxylic acid groups (broad SMARTS) is 1. The van der Waals surface area contributed by atoms with Gasteiger partial charge in [0.05, 0.1) is 12.3 Å². The third-order valence-corrected chi connectivity index (χ3v) is 5.18. The van der Waals surface area contributed by atoms with E-state index in [1.165, 1.54) is 12.0 Å². The van der Waals surface area contributed by atoms with Gasteiger partial charge in [-0.15, -0.1) is 0 Å². The van der Waals surface area contributed by atoms with Gasteiger partial charge in [0.25, 0.3) is 0 Å². The van der Waals surface area contributed by atoms with Crippen molar-refractivity contribution in [3.8, 4) is 0 Å². The highest BCUT2D eigenvalue weighted by atomic mass is 32.2. The highest BCUT2D eigenvalue weighted by Crippen LogP contribution is 2.36. The third kappa shape index (κ3) is 4.31. The lowest BCUT2D eigenvalue weighted by molar-refractivity contribution is -0.138. The van der Waals surface area contributed by atoms with E-state index in [0.29, 0.717) is 24.3 Å². The zero-order chi connectivity index (χ0) is 17.7. The van der Waals surface area contributed by atoms with E-state index in [1.54, 1.807) is 24.3 Å². The smallest absolute Gasteiger partial charge is 0.312 e. The van der Waals surface area contributed by atoms with Crippen LogP contribution in [-0.4, -0.2) is 58.0 Å². The number of hydrogen-bond acceptors (Lipinski definition) is 5. The Bertz CT molecular complexity index is 718. The lowest BCUT2D eigenvalue weighted by Gasteiger charge is -2.17. The van der Waals surface area contributed by atoms with Crippen LogP contribution in [0.25, 0.3) is 0 Å². The molecule has 1 amide bonds. The van der Waals surface area contributed by atoms with Crippen LogP contribution < -0.4 is 9.62 Å². The van der Waals surface area contributed by atoms with Gasteiger partial charge in [0, 0.05) is 25.9 Å². The fourth-order valence-electron chi connectivity index (χ4n) is 2.59. The number of anilines is 1. The number of benzene rings is 1. The molecule has 8 nitrogen and oxygen atoms in total. The van der Waals surface area contributed by atoms with Crippen molar-refractivity contribution in [3.63, 3.8) is 0 Å². The molecule has 0 spiro atoms. The Morgan fingerprint density at radius 2 is 2.08 bits per heavy atom. The Kier molecular flexibility index (Phi) is 5.92. The summed E-state index contributed by atoms with van der Waals surface area (Å²) in [6.45, 7) is -0.0937. The summed E-state index contributed by atoms with van der Waals surface area (Å²) >= 11 is 0. The van der Waals surface area contributed by atoms with E-state index >= 15 is 0 Å². The van der Waals surface area contributed by atoms with E-state index < -0.39 is 34.4 Å². The number of methoxy groups -OCH3 is 1. The number of carbonyl (C=O) groups excluding carboxylic acids is 1. The van der Waals surface area contributed by atoms with Gasteiger partial charge in [-0.25, -0.2) is 13.1 Å².